The van der Waals surface area contributed by atoms with Gasteiger partial charge in [-0.2, -0.15) is 0 Å². The number of hydrogen-bond acceptors (Lipinski definition) is 2. The molecule has 0 atom stereocenters. The summed E-state index contributed by atoms with van der Waals surface area (Å²) < 4.78 is 5.37. The van der Waals surface area contributed by atoms with Crippen LogP contribution in [0.25, 0.3) is 10.8 Å². The molecule has 0 aliphatic rings. The van der Waals surface area contributed by atoms with Gasteiger partial charge in [0.05, 0.1) is 7.11 Å². The molecule has 1 N–H and O–H groups in total. The molecule has 0 aliphatic carbocycles. The first-order chi connectivity index (χ1) is 10.7. The molecule has 110 valence electrons. The monoisotopic (exact) mass is 291 g/mol. The predicted octanol–water partition coefficient (Wildman–Crippen LogP) is 4.41. The lowest BCUT2D eigenvalue weighted by molar-refractivity contribution is 0.102. The minimum atomic E-state index is -0.115. The van der Waals surface area contributed by atoms with Gasteiger partial charge in [-0.15, -0.1) is 0 Å². The standard InChI is InChI=1S/C19H17NO2/c1-13-7-9-14(10-8-13)19(21)20-17-11-12-18(22-2)16-6-4-3-5-15(16)17/h3-12H,1-2H3,(H,20,21). The summed E-state index contributed by atoms with van der Waals surface area (Å²) in [6.07, 6.45) is 0. The molecule has 0 saturated heterocycles. The first-order valence-electron chi connectivity index (χ1n) is 7.13. The second kappa shape index (κ2) is 5.90. The van der Waals surface area contributed by atoms with Gasteiger partial charge in [0.2, 0.25) is 0 Å². The van der Waals surface area contributed by atoms with Crippen molar-refractivity contribution in [3.8, 4) is 5.75 Å². The summed E-state index contributed by atoms with van der Waals surface area (Å²) in [4.78, 5) is 12.4. The fourth-order valence-electron chi connectivity index (χ4n) is 2.46. The minimum absolute atomic E-state index is 0.115. The zero-order valence-electron chi connectivity index (χ0n) is 12.6. The summed E-state index contributed by atoms with van der Waals surface area (Å²) in [5.74, 6) is 0.680. The van der Waals surface area contributed by atoms with Crippen LogP contribution in [0.15, 0.2) is 60.7 Å². The van der Waals surface area contributed by atoms with Gasteiger partial charge in [-0.25, -0.2) is 0 Å². The van der Waals surface area contributed by atoms with Gasteiger partial charge in [-0.3, -0.25) is 4.79 Å². The second-order valence-electron chi connectivity index (χ2n) is 5.18. The van der Waals surface area contributed by atoms with E-state index >= 15 is 0 Å². The van der Waals surface area contributed by atoms with Crippen molar-refractivity contribution in [2.45, 2.75) is 6.92 Å². The molecule has 0 bridgehead atoms. The van der Waals surface area contributed by atoms with Crippen LogP contribution in [0.1, 0.15) is 15.9 Å². The van der Waals surface area contributed by atoms with Crippen molar-refractivity contribution >= 4 is 22.4 Å². The highest BCUT2D eigenvalue weighted by atomic mass is 16.5. The van der Waals surface area contributed by atoms with E-state index in [2.05, 4.69) is 5.32 Å². The van der Waals surface area contributed by atoms with E-state index in [0.717, 1.165) is 27.8 Å². The normalized spacial score (nSPS) is 10.5. The molecule has 3 nitrogen and oxygen atoms in total. The Morgan fingerprint density at radius 3 is 2.27 bits per heavy atom. The van der Waals surface area contributed by atoms with Crippen molar-refractivity contribution in [2.75, 3.05) is 12.4 Å². The van der Waals surface area contributed by atoms with Crippen LogP contribution in [0.5, 0.6) is 5.75 Å². The Kier molecular flexibility index (Phi) is 3.79. The van der Waals surface area contributed by atoms with Crippen molar-refractivity contribution in [2.24, 2.45) is 0 Å². The van der Waals surface area contributed by atoms with Crippen LogP contribution in [-0.4, -0.2) is 13.0 Å². The largest absolute Gasteiger partial charge is 0.496 e. The summed E-state index contributed by atoms with van der Waals surface area (Å²) in [6, 6.07) is 19.1. The predicted molar refractivity (Wildman–Crippen MR) is 89.6 cm³/mol. The van der Waals surface area contributed by atoms with Gasteiger partial charge in [0.25, 0.3) is 5.91 Å². The minimum Gasteiger partial charge on any atom is -0.496 e. The average Bonchev–Trinajstić information content (AvgIpc) is 2.55. The van der Waals surface area contributed by atoms with Crippen LogP contribution < -0.4 is 10.1 Å². The fourth-order valence-corrected chi connectivity index (χ4v) is 2.46. The van der Waals surface area contributed by atoms with Gasteiger partial charge in [0.15, 0.2) is 0 Å². The lowest BCUT2D eigenvalue weighted by Crippen LogP contribution is -2.12. The number of aryl methyl sites for hydroxylation is 1. The summed E-state index contributed by atoms with van der Waals surface area (Å²) >= 11 is 0. The third-order valence-corrected chi connectivity index (χ3v) is 3.67. The van der Waals surface area contributed by atoms with Crippen molar-refractivity contribution < 1.29 is 9.53 Å². The number of hydrogen-bond donors (Lipinski definition) is 1. The molecule has 3 aromatic carbocycles. The number of benzene rings is 3. The number of nitrogens with one attached hydrogen (secondary N) is 1. The van der Waals surface area contributed by atoms with Crippen LogP contribution in [-0.2, 0) is 0 Å². The summed E-state index contributed by atoms with van der Waals surface area (Å²) in [7, 11) is 1.65. The quantitative estimate of drug-likeness (QED) is 0.776. The smallest absolute Gasteiger partial charge is 0.255 e. The molecule has 3 aromatic rings. The van der Waals surface area contributed by atoms with E-state index in [1.165, 1.54) is 0 Å². The number of fused-ring (bicyclic) bond motifs is 1. The highest BCUT2D eigenvalue weighted by molar-refractivity contribution is 6.10. The van der Waals surface area contributed by atoms with Gasteiger partial charge in [-0.1, -0.05) is 42.0 Å². The SMILES string of the molecule is COc1ccc(NC(=O)c2ccc(C)cc2)c2ccccc12. The Hall–Kier alpha value is -2.81. The molecule has 0 radical (unpaired) electrons. The van der Waals surface area contributed by atoms with E-state index < -0.39 is 0 Å². The molecule has 3 rings (SSSR count). The van der Waals surface area contributed by atoms with E-state index in [9.17, 15) is 4.79 Å². The van der Waals surface area contributed by atoms with Crippen molar-refractivity contribution in [1.82, 2.24) is 0 Å². The molecule has 0 heterocycles. The zero-order valence-corrected chi connectivity index (χ0v) is 12.6. The molecule has 0 unspecified atom stereocenters. The highest BCUT2D eigenvalue weighted by Gasteiger charge is 2.10. The highest BCUT2D eigenvalue weighted by Crippen LogP contribution is 2.31. The van der Waals surface area contributed by atoms with Gasteiger partial charge in [0.1, 0.15) is 5.75 Å². The Morgan fingerprint density at radius 2 is 1.59 bits per heavy atom. The van der Waals surface area contributed by atoms with Gasteiger partial charge in [-0.05, 0) is 31.2 Å². The molecule has 3 heteroatoms. The van der Waals surface area contributed by atoms with E-state index in [0.29, 0.717) is 5.56 Å². The zero-order chi connectivity index (χ0) is 15.5. The fraction of sp³-hybridized carbons (Fsp3) is 0.105. The number of carbonyl (C=O) groups excluding carboxylic acids is 1. The lowest BCUT2D eigenvalue weighted by atomic mass is 10.1. The maximum absolute atomic E-state index is 12.4. The molecule has 0 aromatic heterocycles. The third-order valence-electron chi connectivity index (χ3n) is 3.67. The van der Waals surface area contributed by atoms with Gasteiger partial charge in [0, 0.05) is 22.0 Å². The van der Waals surface area contributed by atoms with Crippen LogP contribution in [0.4, 0.5) is 5.69 Å². The molecule has 1 amide bonds. The van der Waals surface area contributed by atoms with Crippen molar-refractivity contribution in [3.63, 3.8) is 0 Å². The van der Waals surface area contributed by atoms with Gasteiger partial charge < -0.3 is 10.1 Å². The number of amides is 1. The maximum Gasteiger partial charge on any atom is 0.255 e. The van der Waals surface area contributed by atoms with E-state index in [1.807, 2.05) is 67.6 Å². The molecule has 0 saturated carbocycles. The van der Waals surface area contributed by atoms with E-state index in [1.54, 1.807) is 7.11 Å². The number of methoxy groups -OCH3 is 1. The van der Waals surface area contributed by atoms with Crippen LogP contribution in [0.2, 0.25) is 0 Å². The topological polar surface area (TPSA) is 38.3 Å². The number of ether oxygens (including phenoxy) is 1. The maximum atomic E-state index is 12.4. The van der Waals surface area contributed by atoms with Crippen LogP contribution >= 0.6 is 0 Å². The molecular formula is C19H17NO2. The van der Waals surface area contributed by atoms with Crippen molar-refractivity contribution in [3.05, 3.63) is 71.8 Å². The van der Waals surface area contributed by atoms with Gasteiger partial charge >= 0.3 is 0 Å². The number of carbonyl (C=O) groups is 1. The van der Waals surface area contributed by atoms with Crippen molar-refractivity contribution in [1.29, 1.82) is 0 Å². The Morgan fingerprint density at radius 1 is 0.909 bits per heavy atom. The molecule has 0 aliphatic heterocycles. The van der Waals surface area contributed by atoms with E-state index in [-0.39, 0.29) is 5.91 Å². The first-order valence-corrected chi connectivity index (χ1v) is 7.13. The first kappa shape index (κ1) is 14.1. The lowest BCUT2D eigenvalue weighted by Gasteiger charge is -2.11. The molecule has 22 heavy (non-hydrogen) atoms. The number of anilines is 1. The summed E-state index contributed by atoms with van der Waals surface area (Å²) in [6.45, 7) is 2.00. The second-order valence-corrected chi connectivity index (χ2v) is 5.18. The van der Waals surface area contributed by atoms with E-state index in [4.69, 9.17) is 4.74 Å². The molecular weight excluding hydrogens is 274 g/mol. The third kappa shape index (κ3) is 2.66. The Bertz CT molecular complexity index is 822. The Labute approximate surface area is 129 Å². The number of rotatable bonds is 3. The summed E-state index contributed by atoms with van der Waals surface area (Å²) in [5, 5.41) is 4.92. The Balaban J connectivity index is 1.97. The molecule has 0 fully saturated rings. The molecule has 0 spiro atoms. The van der Waals surface area contributed by atoms with Crippen LogP contribution in [0, 0.1) is 6.92 Å². The summed E-state index contributed by atoms with van der Waals surface area (Å²) in [5.41, 5.74) is 2.55. The van der Waals surface area contributed by atoms with Crippen LogP contribution in [0.3, 0.4) is 0 Å². The average molecular weight is 291 g/mol.